The molecule has 0 bridgehead atoms. The van der Waals surface area contributed by atoms with Gasteiger partial charge in [-0.2, -0.15) is 0 Å². The second-order valence-electron chi connectivity index (χ2n) is 4.33. The second kappa shape index (κ2) is 7.07. The van der Waals surface area contributed by atoms with Gasteiger partial charge in [0.25, 0.3) is 0 Å². The number of rotatable bonds is 6. The van der Waals surface area contributed by atoms with Gasteiger partial charge in [0.05, 0.1) is 13.0 Å². The van der Waals surface area contributed by atoms with Gasteiger partial charge < -0.3 is 15.2 Å². The average molecular weight is 291 g/mol. The first-order chi connectivity index (χ1) is 9.67. The molecule has 1 aromatic carbocycles. The number of carbonyl (C=O) groups excluding carboxylic acids is 1. The summed E-state index contributed by atoms with van der Waals surface area (Å²) in [5, 5.41) is 11.5. The lowest BCUT2D eigenvalue weighted by molar-refractivity contribution is -0.115. The monoisotopic (exact) mass is 291 g/mol. The van der Waals surface area contributed by atoms with Crippen LogP contribution in [0.2, 0.25) is 0 Å². The van der Waals surface area contributed by atoms with Gasteiger partial charge in [0.2, 0.25) is 5.91 Å². The van der Waals surface area contributed by atoms with Crippen LogP contribution >= 0.6 is 11.3 Å². The molecular weight excluding hydrogens is 274 g/mol. The predicted molar refractivity (Wildman–Crippen MR) is 80.4 cm³/mol. The van der Waals surface area contributed by atoms with E-state index in [2.05, 4.69) is 5.32 Å². The van der Waals surface area contributed by atoms with Crippen LogP contribution in [-0.4, -0.2) is 24.2 Å². The van der Waals surface area contributed by atoms with E-state index in [1.165, 1.54) is 4.88 Å². The number of benzene rings is 1. The van der Waals surface area contributed by atoms with Gasteiger partial charge in [-0.3, -0.25) is 4.79 Å². The zero-order valence-electron chi connectivity index (χ0n) is 11.3. The molecule has 1 heterocycles. The van der Waals surface area contributed by atoms with E-state index in [0.717, 1.165) is 10.6 Å². The maximum absolute atomic E-state index is 11.9. The first-order valence-corrected chi connectivity index (χ1v) is 7.18. The van der Waals surface area contributed by atoms with Gasteiger partial charge in [0.1, 0.15) is 12.4 Å². The molecule has 1 amide bonds. The molecule has 0 spiro atoms. The molecule has 106 valence electrons. The molecule has 0 saturated carbocycles. The maximum atomic E-state index is 11.9. The molecule has 0 fully saturated rings. The number of ether oxygens (including phenoxy) is 1. The second-order valence-corrected chi connectivity index (χ2v) is 5.71. The van der Waals surface area contributed by atoms with Crippen molar-refractivity contribution >= 4 is 22.9 Å². The van der Waals surface area contributed by atoms with Crippen molar-refractivity contribution in [1.82, 2.24) is 0 Å². The smallest absolute Gasteiger partial charge is 0.229 e. The summed E-state index contributed by atoms with van der Waals surface area (Å²) < 4.78 is 5.25. The number of anilines is 1. The molecule has 0 unspecified atom stereocenters. The Bertz CT molecular complexity index is 563. The third-order valence-corrected chi connectivity index (χ3v) is 3.63. The third-order valence-electron chi connectivity index (χ3n) is 2.63. The number of aliphatic hydroxyl groups excluding tert-OH is 1. The van der Waals surface area contributed by atoms with Gasteiger partial charge in [-0.1, -0.05) is 0 Å². The number of hydrogen-bond acceptors (Lipinski definition) is 4. The molecule has 2 N–H and O–H groups in total. The lowest BCUT2D eigenvalue weighted by Gasteiger charge is -2.07. The van der Waals surface area contributed by atoms with Crippen LogP contribution in [0.25, 0.3) is 0 Å². The lowest BCUT2D eigenvalue weighted by Crippen LogP contribution is -2.13. The molecule has 0 radical (unpaired) electrons. The Morgan fingerprint density at radius 2 is 2.00 bits per heavy atom. The number of hydrogen-bond donors (Lipinski definition) is 2. The van der Waals surface area contributed by atoms with Gasteiger partial charge in [-0.15, -0.1) is 11.3 Å². The highest BCUT2D eigenvalue weighted by molar-refractivity contribution is 7.12. The number of thiophene rings is 1. The zero-order valence-corrected chi connectivity index (χ0v) is 12.1. The van der Waals surface area contributed by atoms with Gasteiger partial charge in [-0.05, 0) is 43.3 Å². The zero-order chi connectivity index (χ0) is 14.4. The maximum Gasteiger partial charge on any atom is 0.229 e. The predicted octanol–water partition coefficient (Wildman–Crippen LogP) is 2.61. The molecule has 2 aromatic rings. The van der Waals surface area contributed by atoms with Gasteiger partial charge in [0, 0.05) is 15.4 Å². The number of amides is 1. The number of carbonyl (C=O) groups is 1. The minimum Gasteiger partial charge on any atom is -0.491 e. The topological polar surface area (TPSA) is 58.6 Å². The van der Waals surface area contributed by atoms with Crippen molar-refractivity contribution in [3.05, 3.63) is 46.2 Å². The van der Waals surface area contributed by atoms with Crippen LogP contribution < -0.4 is 10.1 Å². The molecule has 0 aliphatic heterocycles. The van der Waals surface area contributed by atoms with Gasteiger partial charge in [0.15, 0.2) is 0 Å². The SMILES string of the molecule is Cc1ccc(CC(=O)Nc2ccc(OCCO)cc2)s1. The van der Waals surface area contributed by atoms with E-state index in [1.54, 1.807) is 35.6 Å². The molecule has 4 nitrogen and oxygen atoms in total. The molecule has 20 heavy (non-hydrogen) atoms. The van der Waals surface area contributed by atoms with Crippen molar-refractivity contribution in [3.63, 3.8) is 0 Å². The van der Waals surface area contributed by atoms with Crippen LogP contribution in [0.4, 0.5) is 5.69 Å². The number of aliphatic hydroxyl groups is 1. The van der Waals surface area contributed by atoms with Crippen molar-refractivity contribution in [1.29, 1.82) is 0 Å². The Balaban J connectivity index is 1.87. The van der Waals surface area contributed by atoms with Crippen LogP contribution in [-0.2, 0) is 11.2 Å². The van der Waals surface area contributed by atoms with Crippen LogP contribution in [0.5, 0.6) is 5.75 Å². The van der Waals surface area contributed by atoms with E-state index in [-0.39, 0.29) is 19.1 Å². The summed E-state index contributed by atoms with van der Waals surface area (Å²) in [6.07, 6.45) is 0.390. The Morgan fingerprint density at radius 1 is 1.25 bits per heavy atom. The third kappa shape index (κ3) is 4.36. The molecule has 0 saturated heterocycles. The van der Waals surface area contributed by atoms with E-state index in [0.29, 0.717) is 12.2 Å². The average Bonchev–Trinajstić information content (AvgIpc) is 2.83. The summed E-state index contributed by atoms with van der Waals surface area (Å²) in [6, 6.07) is 11.1. The normalized spacial score (nSPS) is 10.3. The van der Waals surface area contributed by atoms with Crippen LogP contribution in [0.3, 0.4) is 0 Å². The largest absolute Gasteiger partial charge is 0.491 e. The first-order valence-electron chi connectivity index (χ1n) is 6.36. The molecule has 2 rings (SSSR count). The quantitative estimate of drug-likeness (QED) is 0.860. The number of nitrogens with one attached hydrogen (secondary N) is 1. The Morgan fingerprint density at radius 3 is 2.60 bits per heavy atom. The Hall–Kier alpha value is -1.85. The minimum absolute atomic E-state index is 0.0152. The van der Waals surface area contributed by atoms with Gasteiger partial charge >= 0.3 is 0 Å². The van der Waals surface area contributed by atoms with E-state index in [9.17, 15) is 4.79 Å². The van der Waals surface area contributed by atoms with Crippen LogP contribution in [0.15, 0.2) is 36.4 Å². The van der Waals surface area contributed by atoms with E-state index < -0.39 is 0 Å². The van der Waals surface area contributed by atoms with E-state index >= 15 is 0 Å². The highest BCUT2D eigenvalue weighted by Gasteiger charge is 2.06. The Kier molecular flexibility index (Phi) is 5.15. The fourth-order valence-electron chi connectivity index (χ4n) is 1.74. The van der Waals surface area contributed by atoms with Crippen molar-refractivity contribution in [2.75, 3.05) is 18.5 Å². The van der Waals surface area contributed by atoms with E-state index in [1.807, 2.05) is 19.1 Å². The standard InChI is InChI=1S/C15H17NO3S/c1-11-2-7-14(20-11)10-15(18)16-12-3-5-13(6-4-12)19-9-8-17/h2-7,17H,8-10H2,1H3,(H,16,18). The van der Waals surface area contributed by atoms with Gasteiger partial charge in [-0.25, -0.2) is 0 Å². The summed E-state index contributed by atoms with van der Waals surface area (Å²) in [5.74, 6) is 0.641. The van der Waals surface area contributed by atoms with Crippen molar-refractivity contribution in [2.45, 2.75) is 13.3 Å². The fraction of sp³-hybridized carbons (Fsp3) is 0.267. The summed E-state index contributed by atoms with van der Waals surface area (Å²) in [6.45, 7) is 2.28. The Labute approximate surface area is 122 Å². The molecule has 0 atom stereocenters. The minimum atomic E-state index is -0.0316. The lowest BCUT2D eigenvalue weighted by atomic mass is 10.2. The molecule has 0 aliphatic rings. The van der Waals surface area contributed by atoms with Crippen molar-refractivity contribution in [2.24, 2.45) is 0 Å². The van der Waals surface area contributed by atoms with Crippen molar-refractivity contribution in [3.8, 4) is 5.75 Å². The van der Waals surface area contributed by atoms with Crippen molar-refractivity contribution < 1.29 is 14.6 Å². The van der Waals surface area contributed by atoms with E-state index in [4.69, 9.17) is 9.84 Å². The highest BCUT2D eigenvalue weighted by Crippen LogP contribution is 2.18. The molecular formula is C15H17NO3S. The molecule has 1 aromatic heterocycles. The highest BCUT2D eigenvalue weighted by atomic mass is 32.1. The fourth-order valence-corrected chi connectivity index (χ4v) is 2.63. The van der Waals surface area contributed by atoms with Crippen LogP contribution in [0, 0.1) is 6.92 Å². The summed E-state index contributed by atoms with van der Waals surface area (Å²) in [7, 11) is 0. The summed E-state index contributed by atoms with van der Waals surface area (Å²) >= 11 is 1.63. The first kappa shape index (κ1) is 14.6. The molecule has 0 aliphatic carbocycles. The van der Waals surface area contributed by atoms with Crippen LogP contribution in [0.1, 0.15) is 9.75 Å². The summed E-state index contributed by atoms with van der Waals surface area (Å²) in [5.41, 5.74) is 0.736. The number of aryl methyl sites for hydroxylation is 1. The summed E-state index contributed by atoms with van der Waals surface area (Å²) in [4.78, 5) is 14.1. The molecule has 5 heteroatoms.